The summed E-state index contributed by atoms with van der Waals surface area (Å²) in [6, 6.07) is 7.91. The fourth-order valence-electron chi connectivity index (χ4n) is 3.41. The van der Waals surface area contributed by atoms with Crippen LogP contribution in [0.2, 0.25) is 0 Å². The standard InChI is InChI=1S/C20H25F2N5O2S/c1-26-20(23-24-25-26)30-12-6-5-11-27-15(9-10-17(27)29)18(21)19(22)16(28)13-14-7-3-2-4-8-14/h2-4,7-8,15-16,28H,5-6,9-13H2,1H3/t15-,16?/m1/s1. The Kier molecular flexibility index (Phi) is 7.92. The van der Waals surface area contributed by atoms with Crippen LogP contribution in [-0.4, -0.2) is 60.6 Å². The van der Waals surface area contributed by atoms with Crippen LogP contribution in [0.15, 0.2) is 47.1 Å². The molecule has 0 aliphatic carbocycles. The van der Waals surface area contributed by atoms with Gasteiger partial charge in [0.15, 0.2) is 11.7 Å². The molecule has 2 heterocycles. The molecule has 2 aromatic rings. The smallest absolute Gasteiger partial charge is 0.223 e. The van der Waals surface area contributed by atoms with Crippen molar-refractivity contribution in [2.24, 2.45) is 7.05 Å². The second kappa shape index (κ2) is 10.6. The highest BCUT2D eigenvalue weighted by atomic mass is 32.2. The van der Waals surface area contributed by atoms with E-state index < -0.39 is 23.8 Å². The van der Waals surface area contributed by atoms with Crippen LogP contribution in [0.25, 0.3) is 0 Å². The first-order valence-corrected chi connectivity index (χ1v) is 10.9. The van der Waals surface area contributed by atoms with Crippen LogP contribution >= 0.6 is 11.8 Å². The van der Waals surface area contributed by atoms with E-state index in [2.05, 4.69) is 15.5 Å². The van der Waals surface area contributed by atoms with Crippen molar-refractivity contribution in [1.29, 1.82) is 0 Å². The van der Waals surface area contributed by atoms with E-state index in [0.29, 0.717) is 23.7 Å². The predicted molar refractivity (Wildman–Crippen MR) is 109 cm³/mol. The van der Waals surface area contributed by atoms with E-state index in [9.17, 15) is 18.7 Å². The van der Waals surface area contributed by atoms with Crippen LogP contribution < -0.4 is 0 Å². The van der Waals surface area contributed by atoms with Gasteiger partial charge < -0.3 is 10.0 Å². The van der Waals surface area contributed by atoms with Crippen molar-refractivity contribution in [2.75, 3.05) is 12.3 Å². The molecule has 1 amide bonds. The SMILES string of the molecule is Cn1nnnc1SCCCCN1C(=O)CC[C@@H]1C(F)=C(F)C(O)Cc1ccccc1. The van der Waals surface area contributed by atoms with Gasteiger partial charge in [-0.15, -0.1) is 5.10 Å². The fourth-order valence-corrected chi connectivity index (χ4v) is 4.26. The minimum absolute atomic E-state index is 0.0190. The summed E-state index contributed by atoms with van der Waals surface area (Å²) in [7, 11) is 1.76. The van der Waals surface area contributed by atoms with Crippen molar-refractivity contribution in [1.82, 2.24) is 25.1 Å². The number of aromatic nitrogens is 4. The van der Waals surface area contributed by atoms with E-state index in [1.165, 1.54) is 16.7 Å². The highest BCUT2D eigenvalue weighted by molar-refractivity contribution is 7.99. The number of benzene rings is 1. The highest BCUT2D eigenvalue weighted by Crippen LogP contribution is 2.30. The molecular formula is C20H25F2N5O2S. The lowest BCUT2D eigenvalue weighted by Crippen LogP contribution is -2.35. The Bertz CT molecular complexity index is 877. The molecule has 1 unspecified atom stereocenters. The van der Waals surface area contributed by atoms with Crippen LogP contribution in [-0.2, 0) is 18.3 Å². The molecule has 1 aliphatic rings. The van der Waals surface area contributed by atoms with Crippen molar-refractivity contribution >= 4 is 17.7 Å². The van der Waals surface area contributed by atoms with E-state index in [4.69, 9.17) is 0 Å². The second-order valence-electron chi connectivity index (χ2n) is 7.18. The number of thioether (sulfide) groups is 1. The van der Waals surface area contributed by atoms with Crippen LogP contribution in [0.3, 0.4) is 0 Å². The zero-order valence-corrected chi connectivity index (χ0v) is 17.6. The summed E-state index contributed by atoms with van der Waals surface area (Å²) in [5.74, 6) is -1.66. The maximum absolute atomic E-state index is 14.8. The molecule has 2 atom stereocenters. The lowest BCUT2D eigenvalue weighted by molar-refractivity contribution is -0.128. The number of carbonyl (C=O) groups excluding carboxylic acids is 1. The maximum atomic E-state index is 14.8. The third-order valence-electron chi connectivity index (χ3n) is 5.02. The van der Waals surface area contributed by atoms with Crippen molar-refractivity contribution in [3.05, 3.63) is 47.5 Å². The molecule has 1 saturated heterocycles. The minimum Gasteiger partial charge on any atom is -0.386 e. The third kappa shape index (κ3) is 5.63. The number of likely N-dealkylation sites (tertiary alicyclic amines) is 1. The summed E-state index contributed by atoms with van der Waals surface area (Å²) >= 11 is 1.50. The van der Waals surface area contributed by atoms with Gasteiger partial charge >= 0.3 is 0 Å². The first kappa shape index (κ1) is 22.4. The predicted octanol–water partition coefficient (Wildman–Crippen LogP) is 2.83. The molecule has 0 spiro atoms. The average molecular weight is 438 g/mol. The van der Waals surface area contributed by atoms with Crippen molar-refractivity contribution in [3.8, 4) is 0 Å². The summed E-state index contributed by atoms with van der Waals surface area (Å²) in [6.45, 7) is 0.344. The Morgan fingerprint density at radius 3 is 2.77 bits per heavy atom. The normalized spacial score (nSPS) is 18.6. The molecule has 162 valence electrons. The molecule has 0 bridgehead atoms. The van der Waals surface area contributed by atoms with E-state index in [-0.39, 0.29) is 25.2 Å². The molecule has 7 nitrogen and oxygen atoms in total. The van der Waals surface area contributed by atoms with E-state index >= 15 is 0 Å². The zero-order valence-electron chi connectivity index (χ0n) is 16.7. The van der Waals surface area contributed by atoms with Gasteiger partial charge in [0.2, 0.25) is 11.1 Å². The monoisotopic (exact) mass is 437 g/mol. The minimum atomic E-state index is -1.57. The lowest BCUT2D eigenvalue weighted by atomic mass is 10.0. The van der Waals surface area contributed by atoms with Crippen molar-refractivity contribution < 1.29 is 18.7 Å². The Labute approximate surface area is 178 Å². The highest BCUT2D eigenvalue weighted by Gasteiger charge is 2.36. The number of amides is 1. The summed E-state index contributed by atoms with van der Waals surface area (Å²) in [5.41, 5.74) is 0.711. The summed E-state index contributed by atoms with van der Waals surface area (Å²) < 4.78 is 30.9. The second-order valence-corrected chi connectivity index (χ2v) is 8.25. The number of tetrazole rings is 1. The van der Waals surface area contributed by atoms with Crippen LogP contribution in [0, 0.1) is 0 Å². The van der Waals surface area contributed by atoms with Crippen LogP contribution in [0.4, 0.5) is 8.78 Å². The largest absolute Gasteiger partial charge is 0.386 e. The summed E-state index contributed by atoms with van der Waals surface area (Å²) in [6.07, 6.45) is 0.242. The molecule has 3 rings (SSSR count). The van der Waals surface area contributed by atoms with Crippen LogP contribution in [0.1, 0.15) is 31.2 Å². The zero-order chi connectivity index (χ0) is 21.5. The maximum Gasteiger partial charge on any atom is 0.223 e. The number of aliphatic hydroxyl groups is 1. The topological polar surface area (TPSA) is 84.1 Å². The van der Waals surface area contributed by atoms with Gasteiger partial charge in [0.05, 0.1) is 6.04 Å². The van der Waals surface area contributed by atoms with Crippen LogP contribution in [0.5, 0.6) is 0 Å². The molecular weight excluding hydrogens is 412 g/mol. The molecule has 0 radical (unpaired) electrons. The number of hydrogen-bond donors (Lipinski definition) is 1. The lowest BCUT2D eigenvalue weighted by Gasteiger charge is -2.24. The number of halogens is 2. The molecule has 1 N–H and O–H groups in total. The molecule has 1 aromatic carbocycles. The summed E-state index contributed by atoms with van der Waals surface area (Å²) in [5, 5.41) is 22.0. The molecule has 1 aliphatic heterocycles. The molecule has 30 heavy (non-hydrogen) atoms. The number of rotatable bonds is 10. The first-order valence-electron chi connectivity index (χ1n) is 9.89. The number of nitrogens with zero attached hydrogens (tertiary/aromatic N) is 5. The van der Waals surface area contributed by atoms with E-state index in [1.807, 2.05) is 6.07 Å². The van der Waals surface area contributed by atoms with E-state index in [0.717, 1.165) is 12.2 Å². The Hall–Kier alpha value is -2.33. The van der Waals surface area contributed by atoms with Gasteiger partial charge in [0, 0.05) is 32.2 Å². The number of unbranched alkanes of at least 4 members (excludes halogenated alkanes) is 1. The Morgan fingerprint density at radius 1 is 1.30 bits per heavy atom. The molecule has 1 aromatic heterocycles. The van der Waals surface area contributed by atoms with E-state index in [1.54, 1.807) is 36.0 Å². The number of hydrogen-bond acceptors (Lipinski definition) is 6. The first-order chi connectivity index (χ1) is 14.5. The van der Waals surface area contributed by atoms with Crippen molar-refractivity contribution in [3.63, 3.8) is 0 Å². The molecule has 0 saturated carbocycles. The van der Waals surface area contributed by atoms with Gasteiger partial charge in [-0.05, 0) is 35.3 Å². The van der Waals surface area contributed by atoms with Gasteiger partial charge in [0.1, 0.15) is 6.10 Å². The van der Waals surface area contributed by atoms with Crippen molar-refractivity contribution in [2.45, 2.75) is 49.4 Å². The van der Waals surface area contributed by atoms with Gasteiger partial charge in [-0.2, -0.15) is 0 Å². The molecule has 1 fully saturated rings. The van der Waals surface area contributed by atoms with Gasteiger partial charge in [-0.25, -0.2) is 13.5 Å². The Balaban J connectivity index is 1.53. The third-order valence-corrected chi connectivity index (χ3v) is 6.12. The fraction of sp³-hybridized carbons (Fsp3) is 0.500. The number of aliphatic hydroxyl groups excluding tert-OH is 1. The average Bonchev–Trinajstić information content (AvgIpc) is 3.32. The van der Waals surface area contributed by atoms with Gasteiger partial charge in [0.25, 0.3) is 0 Å². The number of aryl methyl sites for hydroxylation is 1. The van der Waals surface area contributed by atoms with Gasteiger partial charge in [-0.3, -0.25) is 4.79 Å². The number of carbonyl (C=O) groups is 1. The Morgan fingerprint density at radius 2 is 2.07 bits per heavy atom. The molecule has 10 heteroatoms. The quantitative estimate of drug-likeness (QED) is 0.455. The summed E-state index contributed by atoms with van der Waals surface area (Å²) in [4.78, 5) is 13.6. The van der Waals surface area contributed by atoms with Gasteiger partial charge in [-0.1, -0.05) is 42.1 Å².